The Morgan fingerprint density at radius 3 is 2.93 bits per heavy atom. The number of carbonyl (C=O) groups is 1. The van der Waals surface area contributed by atoms with Crippen LogP contribution in [-0.4, -0.2) is 26.7 Å². The normalized spacial score (nSPS) is 23.0. The predicted molar refractivity (Wildman–Crippen MR) is 107 cm³/mol. The lowest BCUT2D eigenvalue weighted by atomic mass is 9.78. The van der Waals surface area contributed by atoms with Gasteiger partial charge >= 0.3 is 0 Å². The van der Waals surface area contributed by atoms with Gasteiger partial charge in [-0.25, -0.2) is 4.68 Å². The Kier molecular flexibility index (Phi) is 4.50. The molecule has 0 bridgehead atoms. The summed E-state index contributed by atoms with van der Waals surface area (Å²) in [6.45, 7) is 6.39. The van der Waals surface area contributed by atoms with Gasteiger partial charge in [-0.2, -0.15) is 5.10 Å². The first-order valence-electron chi connectivity index (χ1n) is 9.71. The summed E-state index contributed by atoms with van der Waals surface area (Å²) < 4.78 is 1.25. The molecule has 1 fully saturated rings. The summed E-state index contributed by atoms with van der Waals surface area (Å²) in [5.74, 6) is 0.907. The molecule has 1 saturated carbocycles. The summed E-state index contributed by atoms with van der Waals surface area (Å²) >= 11 is 0. The Hall–Kier alpha value is -2.63. The molecule has 0 saturated heterocycles. The van der Waals surface area contributed by atoms with Crippen LogP contribution in [0.1, 0.15) is 38.7 Å². The predicted octanol–water partition coefficient (Wildman–Crippen LogP) is 3.13. The number of nitrogens with zero attached hydrogens (tertiary/aromatic N) is 2. The number of aromatic nitrogens is 3. The highest BCUT2D eigenvalue weighted by Crippen LogP contribution is 2.29. The van der Waals surface area contributed by atoms with Crippen LogP contribution in [0, 0.1) is 18.8 Å². The molecule has 0 aliphatic heterocycles. The van der Waals surface area contributed by atoms with Gasteiger partial charge in [0, 0.05) is 22.3 Å². The van der Waals surface area contributed by atoms with Crippen LogP contribution in [0.2, 0.25) is 0 Å². The van der Waals surface area contributed by atoms with Crippen molar-refractivity contribution in [3.8, 4) is 0 Å². The minimum atomic E-state index is -0.262. The van der Waals surface area contributed by atoms with E-state index < -0.39 is 0 Å². The number of nitrogens with one attached hydrogen (secondary N) is 2. The Balaban J connectivity index is 1.59. The number of carbonyl (C=O) groups excluding carboxylic acids is 1. The molecule has 6 nitrogen and oxygen atoms in total. The highest BCUT2D eigenvalue weighted by Gasteiger charge is 2.28. The van der Waals surface area contributed by atoms with Gasteiger partial charge in [0.05, 0.1) is 6.20 Å². The van der Waals surface area contributed by atoms with Crippen LogP contribution in [0.25, 0.3) is 21.8 Å². The molecule has 2 heterocycles. The maximum Gasteiger partial charge on any atom is 0.291 e. The van der Waals surface area contributed by atoms with Crippen molar-refractivity contribution in [2.75, 3.05) is 0 Å². The number of aromatic amines is 1. The zero-order chi connectivity index (χ0) is 19.1. The molecule has 1 aliphatic carbocycles. The average molecular weight is 366 g/mol. The topological polar surface area (TPSA) is 79.8 Å². The first-order chi connectivity index (χ1) is 12.9. The second-order valence-electron chi connectivity index (χ2n) is 8.01. The van der Waals surface area contributed by atoms with Gasteiger partial charge in [-0.05, 0) is 37.3 Å². The van der Waals surface area contributed by atoms with Crippen LogP contribution in [0.5, 0.6) is 0 Å². The van der Waals surface area contributed by atoms with E-state index in [9.17, 15) is 9.59 Å². The summed E-state index contributed by atoms with van der Waals surface area (Å²) in [4.78, 5) is 28.5. The maximum atomic E-state index is 12.8. The Labute approximate surface area is 158 Å². The summed E-state index contributed by atoms with van der Waals surface area (Å²) in [6.07, 6.45) is 5.02. The highest BCUT2D eigenvalue weighted by molar-refractivity contribution is 6.06. The molecule has 4 rings (SSSR count). The summed E-state index contributed by atoms with van der Waals surface area (Å²) in [6, 6.07) is 6.19. The number of rotatable bonds is 3. The van der Waals surface area contributed by atoms with Gasteiger partial charge < -0.3 is 10.3 Å². The molecule has 1 aromatic carbocycles. The first kappa shape index (κ1) is 17.8. The molecule has 0 spiro atoms. The first-order valence-corrected chi connectivity index (χ1v) is 9.71. The van der Waals surface area contributed by atoms with Crippen molar-refractivity contribution < 1.29 is 4.79 Å². The molecule has 1 amide bonds. The van der Waals surface area contributed by atoms with Crippen molar-refractivity contribution in [1.82, 2.24) is 20.1 Å². The van der Waals surface area contributed by atoms with Gasteiger partial charge in [0.25, 0.3) is 5.56 Å². The van der Waals surface area contributed by atoms with Crippen molar-refractivity contribution in [3.05, 3.63) is 40.3 Å². The summed E-state index contributed by atoms with van der Waals surface area (Å²) in [7, 11) is 0. The quantitative estimate of drug-likeness (QED) is 0.747. The van der Waals surface area contributed by atoms with Crippen LogP contribution in [0.3, 0.4) is 0 Å². The van der Waals surface area contributed by atoms with E-state index in [2.05, 4.69) is 29.2 Å². The molecule has 1 aliphatic rings. The van der Waals surface area contributed by atoms with E-state index >= 15 is 0 Å². The molecule has 27 heavy (non-hydrogen) atoms. The van der Waals surface area contributed by atoms with E-state index in [0.717, 1.165) is 34.7 Å². The molecule has 2 N–H and O–H groups in total. The molecule has 142 valence electrons. The number of hydrogen-bond acceptors (Lipinski definition) is 3. The van der Waals surface area contributed by atoms with Crippen molar-refractivity contribution in [1.29, 1.82) is 0 Å². The fourth-order valence-electron chi connectivity index (χ4n) is 4.23. The number of hydrogen-bond donors (Lipinski definition) is 2. The number of benzene rings is 1. The van der Waals surface area contributed by atoms with Crippen molar-refractivity contribution in [2.24, 2.45) is 11.8 Å². The SMILES string of the molecule is Cc1ccc2[nH]c3c(=O)n(CC(=O)N[C@@H]4CCC[C@H](C)[C@H]4C)ncc3c2c1. The second kappa shape index (κ2) is 6.83. The van der Waals surface area contributed by atoms with Gasteiger partial charge in [0.2, 0.25) is 5.91 Å². The highest BCUT2D eigenvalue weighted by atomic mass is 16.2. The number of aryl methyl sites for hydroxylation is 1. The monoisotopic (exact) mass is 366 g/mol. The molecule has 3 atom stereocenters. The van der Waals surface area contributed by atoms with Crippen molar-refractivity contribution in [3.63, 3.8) is 0 Å². The summed E-state index contributed by atoms with van der Waals surface area (Å²) in [5, 5.41) is 9.14. The largest absolute Gasteiger partial charge is 0.351 e. The van der Waals surface area contributed by atoms with Crippen LogP contribution in [-0.2, 0) is 11.3 Å². The molecular weight excluding hydrogens is 340 g/mol. The van der Waals surface area contributed by atoms with E-state index in [4.69, 9.17) is 0 Å². The summed E-state index contributed by atoms with van der Waals surface area (Å²) in [5.41, 5.74) is 2.27. The lowest BCUT2D eigenvalue weighted by Crippen LogP contribution is -2.45. The van der Waals surface area contributed by atoms with Gasteiger partial charge in [0.1, 0.15) is 12.1 Å². The number of H-pyrrole nitrogens is 1. The van der Waals surface area contributed by atoms with Crippen molar-refractivity contribution >= 4 is 27.7 Å². The maximum absolute atomic E-state index is 12.8. The fraction of sp³-hybridized carbons (Fsp3) is 0.476. The molecule has 0 unspecified atom stereocenters. The van der Waals surface area contributed by atoms with E-state index in [1.54, 1.807) is 6.20 Å². The molecule has 3 aromatic rings. The Morgan fingerprint density at radius 1 is 1.30 bits per heavy atom. The van der Waals surface area contributed by atoms with Crippen LogP contribution in [0.15, 0.2) is 29.2 Å². The average Bonchev–Trinajstić information content (AvgIpc) is 3.00. The molecule has 0 radical (unpaired) electrons. The van der Waals surface area contributed by atoms with Crippen LogP contribution < -0.4 is 10.9 Å². The molecule has 2 aromatic heterocycles. The minimum absolute atomic E-state index is 0.0548. The standard InChI is InChI=1S/C21H26N4O2/c1-12-7-8-18-15(9-12)16-10-22-25(21(27)20(16)24-18)11-19(26)23-17-6-4-5-13(2)14(17)3/h7-10,13-14,17,24H,4-6,11H2,1-3H3,(H,23,26)/t13-,14+,17+/m0/s1. The van der Waals surface area contributed by atoms with E-state index in [1.165, 1.54) is 11.1 Å². The zero-order valence-electron chi connectivity index (χ0n) is 16.1. The van der Waals surface area contributed by atoms with E-state index in [-0.39, 0.29) is 24.1 Å². The Bertz CT molecular complexity index is 1070. The number of fused-ring (bicyclic) bond motifs is 3. The number of amides is 1. The van der Waals surface area contributed by atoms with Crippen LogP contribution in [0.4, 0.5) is 0 Å². The third kappa shape index (κ3) is 3.24. The van der Waals surface area contributed by atoms with E-state index in [0.29, 0.717) is 17.4 Å². The third-order valence-corrected chi connectivity index (χ3v) is 6.12. The van der Waals surface area contributed by atoms with Gasteiger partial charge in [-0.1, -0.05) is 38.3 Å². The fourth-order valence-corrected chi connectivity index (χ4v) is 4.23. The minimum Gasteiger partial charge on any atom is -0.351 e. The van der Waals surface area contributed by atoms with Gasteiger partial charge in [-0.3, -0.25) is 9.59 Å². The van der Waals surface area contributed by atoms with Gasteiger partial charge in [-0.15, -0.1) is 0 Å². The lowest BCUT2D eigenvalue weighted by Gasteiger charge is -2.34. The zero-order valence-corrected chi connectivity index (χ0v) is 16.1. The lowest BCUT2D eigenvalue weighted by molar-refractivity contribution is -0.123. The third-order valence-electron chi connectivity index (χ3n) is 6.12. The van der Waals surface area contributed by atoms with Gasteiger partial charge in [0.15, 0.2) is 0 Å². The van der Waals surface area contributed by atoms with Crippen molar-refractivity contribution in [2.45, 2.75) is 52.6 Å². The molecular formula is C21H26N4O2. The second-order valence-corrected chi connectivity index (χ2v) is 8.01. The Morgan fingerprint density at radius 2 is 2.11 bits per heavy atom. The van der Waals surface area contributed by atoms with E-state index in [1.807, 2.05) is 25.1 Å². The van der Waals surface area contributed by atoms with Crippen LogP contribution >= 0.6 is 0 Å². The smallest absolute Gasteiger partial charge is 0.291 e. The molecule has 6 heteroatoms.